The second kappa shape index (κ2) is 7.00. The fraction of sp³-hybridized carbons (Fsp3) is 0.533. The summed E-state index contributed by atoms with van der Waals surface area (Å²) in [6, 6.07) is 5.90. The molecule has 1 aromatic carbocycles. The van der Waals surface area contributed by atoms with E-state index in [4.69, 9.17) is 5.73 Å². The lowest BCUT2D eigenvalue weighted by molar-refractivity contribution is -0.274. The van der Waals surface area contributed by atoms with Crippen LogP contribution in [0, 0.1) is 5.92 Å². The number of alkyl halides is 3. The van der Waals surface area contributed by atoms with Gasteiger partial charge in [0.15, 0.2) is 0 Å². The molecule has 0 saturated carbocycles. The largest absolute Gasteiger partial charge is 0.573 e. The molecule has 122 valence electrons. The van der Waals surface area contributed by atoms with E-state index in [2.05, 4.69) is 4.74 Å². The van der Waals surface area contributed by atoms with E-state index in [9.17, 15) is 18.0 Å². The van der Waals surface area contributed by atoms with Gasteiger partial charge in [-0.3, -0.25) is 4.79 Å². The number of halogens is 3. The second-order valence-electron chi connectivity index (χ2n) is 5.39. The Balaban J connectivity index is 1.93. The predicted molar refractivity (Wildman–Crippen MR) is 75.2 cm³/mol. The molecular formula is C15H19F3N2O2. The quantitative estimate of drug-likeness (QED) is 0.907. The normalized spacial score (nSPS) is 18.5. The van der Waals surface area contributed by atoms with Gasteiger partial charge in [-0.05, 0) is 36.9 Å². The number of ether oxygens (including phenoxy) is 1. The maximum atomic E-state index is 12.3. The fourth-order valence-corrected chi connectivity index (χ4v) is 2.59. The highest BCUT2D eigenvalue weighted by molar-refractivity contribution is 5.76. The average molecular weight is 316 g/mol. The van der Waals surface area contributed by atoms with Gasteiger partial charge >= 0.3 is 6.36 Å². The van der Waals surface area contributed by atoms with Crippen molar-refractivity contribution in [2.75, 3.05) is 19.6 Å². The number of nitrogens with two attached hydrogens (primary N) is 1. The summed E-state index contributed by atoms with van der Waals surface area (Å²) in [6.07, 6.45) is -3.47. The number of aryl methyl sites for hydroxylation is 1. The van der Waals surface area contributed by atoms with Gasteiger partial charge in [-0.2, -0.15) is 0 Å². The Labute approximate surface area is 127 Å². The van der Waals surface area contributed by atoms with Crippen molar-refractivity contribution in [3.05, 3.63) is 29.8 Å². The van der Waals surface area contributed by atoms with Crippen LogP contribution in [0.15, 0.2) is 24.3 Å². The van der Waals surface area contributed by atoms with E-state index in [1.54, 1.807) is 17.0 Å². The number of amides is 1. The summed E-state index contributed by atoms with van der Waals surface area (Å²) in [5, 5.41) is 0. The lowest BCUT2D eigenvalue weighted by atomic mass is 10.1. The van der Waals surface area contributed by atoms with Gasteiger partial charge in [0.2, 0.25) is 5.91 Å². The summed E-state index contributed by atoms with van der Waals surface area (Å²) in [4.78, 5) is 13.8. The molecule has 0 unspecified atom stereocenters. The highest BCUT2D eigenvalue weighted by atomic mass is 19.4. The third-order valence-electron chi connectivity index (χ3n) is 3.78. The summed E-state index contributed by atoms with van der Waals surface area (Å²) in [5.74, 6) is 0.0200. The first-order valence-electron chi connectivity index (χ1n) is 7.20. The van der Waals surface area contributed by atoms with Crippen LogP contribution in [0.1, 0.15) is 18.4 Å². The monoisotopic (exact) mass is 316 g/mol. The maximum absolute atomic E-state index is 12.3. The second-order valence-corrected chi connectivity index (χ2v) is 5.39. The number of hydrogen-bond acceptors (Lipinski definition) is 3. The van der Waals surface area contributed by atoms with Crippen molar-refractivity contribution in [1.29, 1.82) is 0 Å². The molecule has 1 atom stereocenters. The van der Waals surface area contributed by atoms with E-state index in [-0.39, 0.29) is 24.5 Å². The zero-order valence-corrected chi connectivity index (χ0v) is 12.1. The first-order valence-corrected chi connectivity index (χ1v) is 7.20. The Bertz CT molecular complexity index is 520. The van der Waals surface area contributed by atoms with E-state index in [1.165, 1.54) is 12.1 Å². The molecule has 1 amide bonds. The first-order chi connectivity index (χ1) is 10.4. The molecule has 0 aromatic heterocycles. The van der Waals surface area contributed by atoms with Crippen molar-refractivity contribution in [2.45, 2.75) is 25.6 Å². The first kappa shape index (κ1) is 16.6. The SMILES string of the molecule is NC[C@H]1CCN(C(=O)CCc2ccccc2OC(F)(F)F)C1. The lowest BCUT2D eigenvalue weighted by Gasteiger charge is -2.17. The van der Waals surface area contributed by atoms with Crippen molar-refractivity contribution < 1.29 is 22.7 Å². The summed E-state index contributed by atoms with van der Waals surface area (Å²) in [5.41, 5.74) is 5.96. The molecule has 1 aliphatic rings. The Morgan fingerprint density at radius 1 is 1.36 bits per heavy atom. The number of rotatable bonds is 5. The molecule has 2 rings (SSSR count). The number of carbonyl (C=O) groups excluding carboxylic acids is 1. The lowest BCUT2D eigenvalue weighted by Crippen LogP contribution is -2.30. The molecule has 4 nitrogen and oxygen atoms in total. The Kier molecular flexibility index (Phi) is 5.28. The number of benzene rings is 1. The zero-order valence-electron chi connectivity index (χ0n) is 12.1. The molecule has 0 bridgehead atoms. The topological polar surface area (TPSA) is 55.6 Å². The molecule has 0 radical (unpaired) electrons. The van der Waals surface area contributed by atoms with Crippen LogP contribution in [0.2, 0.25) is 0 Å². The number of carbonyl (C=O) groups is 1. The van der Waals surface area contributed by atoms with Gasteiger partial charge in [0.25, 0.3) is 0 Å². The van der Waals surface area contributed by atoms with Crippen LogP contribution in [0.5, 0.6) is 5.75 Å². The van der Waals surface area contributed by atoms with Crippen LogP contribution in [0.25, 0.3) is 0 Å². The van der Waals surface area contributed by atoms with E-state index in [1.807, 2.05) is 0 Å². The van der Waals surface area contributed by atoms with Crippen LogP contribution in [0.4, 0.5) is 13.2 Å². The molecule has 1 heterocycles. The minimum absolute atomic E-state index is 0.0576. The molecule has 1 fully saturated rings. The Morgan fingerprint density at radius 3 is 2.73 bits per heavy atom. The molecule has 0 spiro atoms. The van der Waals surface area contributed by atoms with Gasteiger partial charge in [0.1, 0.15) is 5.75 Å². The average Bonchev–Trinajstić information content (AvgIpc) is 2.93. The third kappa shape index (κ3) is 4.62. The van der Waals surface area contributed by atoms with Gasteiger partial charge in [-0.25, -0.2) is 0 Å². The van der Waals surface area contributed by atoms with E-state index in [0.29, 0.717) is 31.1 Å². The molecular weight excluding hydrogens is 297 g/mol. The van der Waals surface area contributed by atoms with Gasteiger partial charge in [-0.1, -0.05) is 18.2 Å². The molecule has 2 N–H and O–H groups in total. The van der Waals surface area contributed by atoms with Gasteiger partial charge in [0, 0.05) is 19.5 Å². The van der Waals surface area contributed by atoms with Gasteiger partial charge in [-0.15, -0.1) is 13.2 Å². The van der Waals surface area contributed by atoms with E-state index < -0.39 is 6.36 Å². The standard InChI is InChI=1S/C15H19F3N2O2/c16-15(17,18)22-13-4-2-1-3-12(13)5-6-14(21)20-8-7-11(9-19)10-20/h1-4,11H,5-10,19H2/t11-/m1/s1. The van der Waals surface area contributed by atoms with Crippen LogP contribution in [0.3, 0.4) is 0 Å². The predicted octanol–water partition coefficient (Wildman–Crippen LogP) is 2.33. The van der Waals surface area contributed by atoms with Crippen LogP contribution in [-0.2, 0) is 11.2 Å². The molecule has 1 aliphatic heterocycles. The van der Waals surface area contributed by atoms with Crippen LogP contribution < -0.4 is 10.5 Å². The van der Waals surface area contributed by atoms with Crippen LogP contribution in [-0.4, -0.2) is 36.8 Å². The summed E-state index contributed by atoms with van der Waals surface area (Å²) >= 11 is 0. The molecule has 0 aliphatic carbocycles. The Morgan fingerprint density at radius 2 is 2.09 bits per heavy atom. The van der Waals surface area contributed by atoms with Crippen molar-refractivity contribution in [3.63, 3.8) is 0 Å². The smallest absolute Gasteiger partial charge is 0.406 e. The summed E-state index contributed by atoms with van der Waals surface area (Å²) < 4.78 is 41.0. The highest BCUT2D eigenvalue weighted by Gasteiger charge is 2.32. The van der Waals surface area contributed by atoms with E-state index >= 15 is 0 Å². The molecule has 7 heteroatoms. The zero-order chi connectivity index (χ0) is 16.2. The van der Waals surface area contributed by atoms with Crippen molar-refractivity contribution in [1.82, 2.24) is 4.90 Å². The maximum Gasteiger partial charge on any atom is 0.573 e. The molecule has 22 heavy (non-hydrogen) atoms. The highest BCUT2D eigenvalue weighted by Crippen LogP contribution is 2.27. The fourth-order valence-electron chi connectivity index (χ4n) is 2.59. The van der Waals surface area contributed by atoms with Crippen LogP contribution >= 0.6 is 0 Å². The van der Waals surface area contributed by atoms with Gasteiger partial charge < -0.3 is 15.4 Å². The third-order valence-corrected chi connectivity index (χ3v) is 3.78. The van der Waals surface area contributed by atoms with E-state index in [0.717, 1.165) is 6.42 Å². The Hall–Kier alpha value is -1.76. The number of hydrogen-bond donors (Lipinski definition) is 1. The number of para-hydroxylation sites is 1. The minimum atomic E-state index is -4.73. The van der Waals surface area contributed by atoms with Crippen molar-refractivity contribution in [2.24, 2.45) is 11.7 Å². The number of nitrogens with zero attached hydrogens (tertiary/aromatic N) is 1. The summed E-state index contributed by atoms with van der Waals surface area (Å²) in [6.45, 7) is 1.85. The number of likely N-dealkylation sites (tertiary alicyclic amines) is 1. The molecule has 1 saturated heterocycles. The van der Waals surface area contributed by atoms with Crippen molar-refractivity contribution in [3.8, 4) is 5.75 Å². The minimum Gasteiger partial charge on any atom is -0.406 e. The van der Waals surface area contributed by atoms with Crippen molar-refractivity contribution >= 4 is 5.91 Å². The van der Waals surface area contributed by atoms with Gasteiger partial charge in [0.05, 0.1) is 0 Å². The molecule has 1 aromatic rings. The summed E-state index contributed by atoms with van der Waals surface area (Å²) in [7, 11) is 0.